The van der Waals surface area contributed by atoms with Crippen molar-refractivity contribution in [3.63, 3.8) is 0 Å². The summed E-state index contributed by atoms with van der Waals surface area (Å²) in [6.07, 6.45) is 0.232. The van der Waals surface area contributed by atoms with Crippen molar-refractivity contribution in [3.05, 3.63) is 48.0 Å². The van der Waals surface area contributed by atoms with Gasteiger partial charge in [-0.3, -0.25) is 0 Å². The molecule has 4 nitrogen and oxygen atoms in total. The molecule has 0 bridgehead atoms. The van der Waals surface area contributed by atoms with E-state index in [0.717, 1.165) is 11.1 Å². The molecule has 1 aromatic carbocycles. The largest absolute Gasteiger partial charge is 0.444 e. The van der Waals surface area contributed by atoms with Gasteiger partial charge in [0.1, 0.15) is 5.60 Å². The third-order valence-corrected chi connectivity index (χ3v) is 2.75. The third-order valence-electron chi connectivity index (χ3n) is 2.75. The van der Waals surface area contributed by atoms with E-state index in [9.17, 15) is 4.79 Å². The van der Waals surface area contributed by atoms with Crippen molar-refractivity contribution >= 4 is 6.09 Å². The van der Waals surface area contributed by atoms with Gasteiger partial charge in [-0.25, -0.2) is 4.79 Å². The first-order valence-electron chi connectivity index (χ1n) is 7.52. The molecule has 1 amide bonds. The highest BCUT2D eigenvalue weighted by atomic mass is 16.6. The number of hydrogen-bond acceptors (Lipinski definition) is 3. The van der Waals surface area contributed by atoms with Gasteiger partial charge in [-0.1, -0.05) is 35.9 Å². The van der Waals surface area contributed by atoms with Gasteiger partial charge in [0.15, 0.2) is 0 Å². The summed E-state index contributed by atoms with van der Waals surface area (Å²) in [7, 11) is 0. The van der Waals surface area contributed by atoms with Gasteiger partial charge in [0.05, 0.1) is 19.3 Å². The maximum absolute atomic E-state index is 11.9. The molecule has 0 aliphatic heterocycles. The number of hydrogen-bond donors (Lipinski definition) is 1. The molecule has 4 heteroatoms. The van der Waals surface area contributed by atoms with Crippen molar-refractivity contribution in [3.8, 4) is 0 Å². The zero-order chi connectivity index (χ0) is 16.6. The van der Waals surface area contributed by atoms with E-state index in [-0.39, 0.29) is 6.04 Å². The van der Waals surface area contributed by atoms with E-state index in [0.29, 0.717) is 19.6 Å². The topological polar surface area (TPSA) is 47.6 Å². The predicted molar refractivity (Wildman–Crippen MR) is 88.7 cm³/mol. The number of amides is 1. The average molecular weight is 305 g/mol. The Morgan fingerprint density at radius 2 is 1.91 bits per heavy atom. The summed E-state index contributed by atoms with van der Waals surface area (Å²) in [6.45, 7) is 12.3. The lowest BCUT2D eigenvalue weighted by Crippen LogP contribution is -2.41. The molecule has 1 N–H and O–H groups in total. The van der Waals surface area contributed by atoms with Gasteiger partial charge in [0.25, 0.3) is 0 Å². The highest BCUT2D eigenvalue weighted by Crippen LogP contribution is 2.09. The quantitative estimate of drug-likeness (QED) is 0.773. The number of carbonyl (C=O) groups is 1. The molecular weight excluding hydrogens is 278 g/mol. The summed E-state index contributed by atoms with van der Waals surface area (Å²) in [4.78, 5) is 11.9. The van der Waals surface area contributed by atoms with Crippen LogP contribution in [0.4, 0.5) is 4.79 Å². The number of benzene rings is 1. The van der Waals surface area contributed by atoms with Crippen LogP contribution in [0.15, 0.2) is 42.5 Å². The fourth-order valence-electron chi connectivity index (χ4n) is 1.94. The molecule has 0 aromatic heterocycles. The zero-order valence-corrected chi connectivity index (χ0v) is 14.0. The van der Waals surface area contributed by atoms with Gasteiger partial charge < -0.3 is 14.8 Å². The Labute approximate surface area is 133 Å². The van der Waals surface area contributed by atoms with Crippen molar-refractivity contribution in [2.75, 3.05) is 6.61 Å². The van der Waals surface area contributed by atoms with Crippen molar-refractivity contribution in [1.82, 2.24) is 5.32 Å². The van der Waals surface area contributed by atoms with Crippen LogP contribution >= 0.6 is 0 Å². The Kier molecular flexibility index (Phi) is 7.12. The van der Waals surface area contributed by atoms with Crippen LogP contribution in [0.3, 0.4) is 0 Å². The van der Waals surface area contributed by atoms with Gasteiger partial charge in [-0.15, -0.1) is 6.58 Å². The first kappa shape index (κ1) is 18.2. The molecule has 0 aliphatic rings. The Morgan fingerprint density at radius 1 is 1.27 bits per heavy atom. The van der Waals surface area contributed by atoms with Crippen molar-refractivity contribution in [1.29, 1.82) is 0 Å². The number of nitrogens with one attached hydrogen (secondary N) is 1. The van der Waals surface area contributed by atoms with E-state index >= 15 is 0 Å². The molecular formula is C18H27NO3. The number of ether oxygens (including phenoxy) is 2. The molecule has 0 fully saturated rings. The van der Waals surface area contributed by atoms with E-state index < -0.39 is 11.7 Å². The first-order chi connectivity index (χ1) is 10.3. The summed E-state index contributed by atoms with van der Waals surface area (Å²) in [6, 6.07) is 9.80. The molecule has 1 unspecified atom stereocenters. The van der Waals surface area contributed by atoms with E-state index in [1.807, 2.05) is 58.0 Å². The van der Waals surface area contributed by atoms with E-state index in [2.05, 4.69) is 11.9 Å². The molecule has 1 aromatic rings. The molecule has 0 radical (unpaired) electrons. The summed E-state index contributed by atoms with van der Waals surface area (Å²) in [5.41, 5.74) is 1.58. The number of rotatable bonds is 7. The summed E-state index contributed by atoms with van der Waals surface area (Å²) in [5.74, 6) is 0. The lowest BCUT2D eigenvalue weighted by Gasteiger charge is -2.23. The molecule has 0 heterocycles. The minimum Gasteiger partial charge on any atom is -0.444 e. The van der Waals surface area contributed by atoms with Gasteiger partial charge in [-0.05, 0) is 39.7 Å². The fraction of sp³-hybridized carbons (Fsp3) is 0.500. The van der Waals surface area contributed by atoms with E-state index in [4.69, 9.17) is 9.47 Å². The molecule has 0 aliphatic carbocycles. The van der Waals surface area contributed by atoms with Gasteiger partial charge in [-0.2, -0.15) is 0 Å². The lowest BCUT2D eigenvalue weighted by molar-refractivity contribution is 0.0429. The second kappa shape index (κ2) is 8.59. The maximum Gasteiger partial charge on any atom is 0.407 e. The minimum atomic E-state index is -0.511. The van der Waals surface area contributed by atoms with Crippen LogP contribution in [-0.4, -0.2) is 24.3 Å². The summed E-state index contributed by atoms with van der Waals surface area (Å²) in [5, 5.41) is 2.84. The molecule has 22 heavy (non-hydrogen) atoms. The second-order valence-corrected chi connectivity index (χ2v) is 6.51. The molecule has 122 valence electrons. The Bertz CT molecular complexity index is 477. The second-order valence-electron chi connectivity index (χ2n) is 6.51. The fourth-order valence-corrected chi connectivity index (χ4v) is 1.94. The highest BCUT2D eigenvalue weighted by Gasteiger charge is 2.19. The monoisotopic (exact) mass is 305 g/mol. The zero-order valence-electron chi connectivity index (χ0n) is 14.0. The molecule has 0 spiro atoms. The Balaban J connectivity index is 2.46. The summed E-state index contributed by atoms with van der Waals surface area (Å²) >= 11 is 0. The van der Waals surface area contributed by atoms with Crippen LogP contribution < -0.4 is 5.32 Å². The molecule has 1 atom stereocenters. The normalized spacial score (nSPS) is 12.5. The van der Waals surface area contributed by atoms with E-state index in [1.54, 1.807) is 0 Å². The predicted octanol–water partition coefficient (Wildman–Crippen LogP) is 4.06. The summed E-state index contributed by atoms with van der Waals surface area (Å²) < 4.78 is 11.0. The van der Waals surface area contributed by atoms with Crippen LogP contribution in [0.25, 0.3) is 0 Å². The van der Waals surface area contributed by atoms with E-state index in [1.165, 1.54) is 0 Å². The van der Waals surface area contributed by atoms with Gasteiger partial charge in [0, 0.05) is 0 Å². The van der Waals surface area contributed by atoms with Crippen LogP contribution in [0.1, 0.15) is 39.7 Å². The maximum atomic E-state index is 11.9. The third kappa shape index (κ3) is 8.47. The lowest BCUT2D eigenvalue weighted by atomic mass is 10.1. The molecule has 0 saturated heterocycles. The minimum absolute atomic E-state index is 0.143. The van der Waals surface area contributed by atoms with Crippen LogP contribution in [-0.2, 0) is 16.1 Å². The van der Waals surface area contributed by atoms with Crippen LogP contribution in [0.2, 0.25) is 0 Å². The Morgan fingerprint density at radius 3 is 2.45 bits per heavy atom. The Hall–Kier alpha value is -1.81. The van der Waals surface area contributed by atoms with Crippen molar-refractivity contribution < 1.29 is 14.3 Å². The molecule has 1 rings (SSSR count). The van der Waals surface area contributed by atoms with Crippen molar-refractivity contribution in [2.24, 2.45) is 0 Å². The van der Waals surface area contributed by atoms with Gasteiger partial charge in [0.2, 0.25) is 0 Å². The number of alkyl carbamates (subject to hydrolysis) is 1. The average Bonchev–Trinajstić information content (AvgIpc) is 2.36. The first-order valence-corrected chi connectivity index (χ1v) is 7.52. The molecule has 0 saturated carbocycles. The number of carbonyl (C=O) groups excluding carboxylic acids is 1. The van der Waals surface area contributed by atoms with Crippen LogP contribution in [0, 0.1) is 0 Å². The van der Waals surface area contributed by atoms with Crippen LogP contribution in [0.5, 0.6) is 0 Å². The van der Waals surface area contributed by atoms with Crippen molar-refractivity contribution in [2.45, 2.75) is 52.4 Å². The highest BCUT2D eigenvalue weighted by molar-refractivity contribution is 5.68. The van der Waals surface area contributed by atoms with Gasteiger partial charge >= 0.3 is 6.09 Å². The SMILES string of the molecule is C=C(C)CC(COCc1ccccc1)NC(=O)OC(C)(C)C. The smallest absolute Gasteiger partial charge is 0.407 e. The standard InChI is InChI=1S/C18H27NO3/c1-14(2)11-16(19-17(20)22-18(3,4)5)13-21-12-15-9-7-6-8-10-15/h6-10,16H,1,11-13H2,2-5H3,(H,19,20).